The summed E-state index contributed by atoms with van der Waals surface area (Å²) in [4.78, 5) is 31.9. The summed E-state index contributed by atoms with van der Waals surface area (Å²) in [5.41, 5.74) is 0. The molecule has 0 aliphatic carbocycles. The van der Waals surface area contributed by atoms with E-state index >= 15 is 0 Å². The minimum absolute atomic E-state index is 0.0633. The maximum atomic E-state index is 10.8. The lowest BCUT2D eigenvalue weighted by Crippen LogP contribution is -2.62. The number of aliphatic hydroxyl groups is 26. The Balaban J connectivity index is 0.000000625. The molecule has 9 heterocycles. The smallest absolute Gasteiger partial charge is 0.217 e. The van der Waals surface area contributed by atoms with Gasteiger partial charge in [-0.3, -0.25) is 9.59 Å². The fraction of sp³-hybridized carbons (Fsp3) is 0.957. The molecule has 0 aromatic rings. The average molecular weight is 1630 g/mol. The Morgan fingerprint density at radius 1 is 0.306 bits per heavy atom. The van der Waals surface area contributed by atoms with E-state index in [-0.39, 0.29) is 80.9 Å². The number of hydrogen-bond acceptors (Lipinski definition) is 40. The Bertz CT molecular complexity index is 2420. The Morgan fingerprint density at radius 3 is 0.856 bits per heavy atom. The first-order valence-corrected chi connectivity index (χ1v) is 36.9. The van der Waals surface area contributed by atoms with Gasteiger partial charge in [0.05, 0.1) is 130 Å². The first-order chi connectivity index (χ1) is 51.3. The lowest BCUT2D eigenvalue weighted by atomic mass is 9.94. The number of rotatable bonds is 9. The van der Waals surface area contributed by atoms with Crippen molar-refractivity contribution in [2.75, 3.05) is 33.5 Å². The Kier molecular flexibility index (Phi) is 48.4. The molecule has 42 nitrogen and oxygen atoms in total. The molecule has 9 aliphatic heterocycles. The van der Waals surface area contributed by atoms with Crippen molar-refractivity contribution in [3.05, 3.63) is 0 Å². The summed E-state index contributed by atoms with van der Waals surface area (Å²) < 4.78 is 51.2. The van der Waals surface area contributed by atoms with Gasteiger partial charge in [-0.1, -0.05) is 0 Å². The van der Waals surface area contributed by atoms with Crippen molar-refractivity contribution in [1.82, 2.24) is 10.6 Å². The van der Waals surface area contributed by atoms with Gasteiger partial charge in [0.25, 0.3) is 0 Å². The van der Waals surface area contributed by atoms with Gasteiger partial charge < -0.3 is 201 Å². The molecule has 28 N–H and O–H groups in total. The normalized spacial score (nSPS) is 46.7. The second-order valence-electron chi connectivity index (χ2n) is 29.2. The first-order valence-electron chi connectivity index (χ1n) is 36.9. The first kappa shape index (κ1) is 106. The highest BCUT2D eigenvalue weighted by atomic mass is 16.6. The maximum Gasteiger partial charge on any atom is 0.217 e. The largest absolute Gasteiger partial charge is 0.550 e. The van der Waals surface area contributed by atoms with E-state index in [0.29, 0.717) is 12.8 Å². The van der Waals surface area contributed by atoms with Crippen LogP contribution in [0, 0.1) is 0 Å². The van der Waals surface area contributed by atoms with Gasteiger partial charge >= 0.3 is 0 Å². The molecular formula is C69H133N2O40-. The van der Waals surface area contributed by atoms with Crippen LogP contribution < -0.4 is 15.7 Å². The molecule has 2 amide bonds. The fourth-order valence-electron chi connectivity index (χ4n) is 12.9. The molecule has 42 heteroatoms. The second-order valence-corrected chi connectivity index (χ2v) is 29.2. The lowest BCUT2D eigenvalue weighted by Gasteiger charge is -2.40. The van der Waals surface area contributed by atoms with Crippen LogP contribution in [0.15, 0.2) is 0 Å². The van der Waals surface area contributed by atoms with Crippen LogP contribution in [-0.2, 0) is 61.8 Å². The van der Waals surface area contributed by atoms with E-state index in [0.717, 1.165) is 0 Å². The summed E-state index contributed by atoms with van der Waals surface area (Å²) in [7, 11) is 1.41. The van der Waals surface area contributed by atoms with Crippen molar-refractivity contribution in [1.29, 1.82) is 0 Å². The number of ether oxygens (including phenoxy) is 10. The molecule has 0 saturated carbocycles. The van der Waals surface area contributed by atoms with Crippen molar-refractivity contribution in [2.24, 2.45) is 0 Å². The summed E-state index contributed by atoms with van der Waals surface area (Å²) in [6.07, 6.45) is -32.1. The molecule has 0 spiro atoms. The fourth-order valence-corrected chi connectivity index (χ4v) is 12.9. The van der Waals surface area contributed by atoms with E-state index < -0.39 is 232 Å². The van der Waals surface area contributed by atoms with E-state index in [4.69, 9.17) is 67.8 Å². The van der Waals surface area contributed by atoms with Crippen LogP contribution in [0.3, 0.4) is 0 Å². The molecule has 0 radical (unpaired) electrons. The van der Waals surface area contributed by atoms with Gasteiger partial charge in [0.1, 0.15) is 159 Å². The van der Waals surface area contributed by atoms with E-state index in [1.54, 1.807) is 62.3 Å². The maximum absolute atomic E-state index is 10.8. The highest BCUT2D eigenvalue weighted by Crippen LogP contribution is 2.28. The number of hydrogen-bond donors (Lipinski definition) is 28. The molecular weight excluding hydrogens is 1500 g/mol. The van der Waals surface area contributed by atoms with Crippen LogP contribution >= 0.6 is 0 Å². The summed E-state index contributed by atoms with van der Waals surface area (Å²) in [6, 6.07) is -0.817. The summed E-state index contributed by atoms with van der Waals surface area (Å²) in [5.74, 6) is -1.75. The van der Waals surface area contributed by atoms with Crippen LogP contribution in [0.5, 0.6) is 0 Å². The van der Waals surface area contributed by atoms with E-state index in [1.165, 1.54) is 27.9 Å². The Hall–Kier alpha value is -3.03. The summed E-state index contributed by atoms with van der Waals surface area (Å²) in [6.45, 7) is 23.5. The van der Waals surface area contributed by atoms with Crippen LogP contribution in [0.25, 0.3) is 0 Å². The van der Waals surface area contributed by atoms with E-state index in [2.05, 4.69) is 10.6 Å². The topological polar surface area (TPSA) is 717 Å². The molecule has 9 aliphatic rings. The Morgan fingerprint density at radius 2 is 0.559 bits per heavy atom. The molecule has 9 saturated heterocycles. The zero-order valence-electron chi connectivity index (χ0n) is 65.6. The third-order valence-electron chi connectivity index (χ3n) is 19.9. The number of carbonyl (C=O) groups excluding carboxylic acids is 3. The highest BCUT2D eigenvalue weighted by Gasteiger charge is 2.48. The molecule has 9 rings (SSSR count). The quantitative estimate of drug-likeness (QED) is 0.102. The van der Waals surface area contributed by atoms with Crippen LogP contribution in [0.4, 0.5) is 0 Å². The van der Waals surface area contributed by atoms with Crippen LogP contribution in [0.1, 0.15) is 123 Å². The van der Waals surface area contributed by atoms with Crippen LogP contribution in [0.2, 0.25) is 0 Å². The molecule has 9 fully saturated rings. The van der Waals surface area contributed by atoms with Gasteiger partial charge in [0.15, 0.2) is 0 Å². The monoisotopic (exact) mass is 1630 g/mol. The van der Waals surface area contributed by atoms with Gasteiger partial charge in [-0.05, 0) is 96.4 Å². The van der Waals surface area contributed by atoms with Gasteiger partial charge in [0.2, 0.25) is 11.8 Å². The van der Waals surface area contributed by atoms with Gasteiger partial charge in [-0.2, -0.15) is 0 Å². The molecule has 0 bridgehead atoms. The van der Waals surface area contributed by atoms with Gasteiger partial charge in [0, 0.05) is 39.8 Å². The predicted octanol–water partition coefficient (Wildman–Crippen LogP) is -13.1. The van der Waals surface area contributed by atoms with Crippen molar-refractivity contribution in [2.45, 2.75) is 385 Å². The number of nitrogens with one attached hydrogen (secondary N) is 2. The minimum Gasteiger partial charge on any atom is -0.550 e. The number of aliphatic carboxylic acids is 1. The lowest BCUT2D eigenvalue weighted by molar-refractivity contribution is -0.312. The van der Waals surface area contributed by atoms with Crippen molar-refractivity contribution in [3.63, 3.8) is 0 Å². The van der Waals surface area contributed by atoms with Crippen molar-refractivity contribution < 1.29 is 200 Å². The second kappa shape index (κ2) is 50.7. The molecule has 0 aromatic heterocycles. The standard InChI is InChI=1S/C9H17NO4.C9H17NO3.C8H14O6.C8H16O5.3C7H14O5.C7H14O4.C7H14O3/c1-4-8(12)7(10-6(3)11)9(13)5(2)14-4;1-5-4-8(10-7(3)11)9(12)6(2)13-5;1-3-6(11)8(13)7(12)4(14-3)2-5(9)10;1-4-6(10)8(12-2)7(11)5(3-9)13-4;3*1-3-5(9)7(11)6(10)4(2-8)12-3;1-3-5(8)7(10)6(9)4(2)11-3;1-4-3-6(8)7(9)5(2)10-4/h4-5,7-9,12-13H,1-3H3,(H,10,11);5-6,8-9,12H,4H2,1-3H3,(H,10,11);3-4,6-8,11-13H,2H2,1H3,(H,9,10);4-11H,3H2,1-2H3;3*3-11H,2H2,1H3;3-10H,1-2H3;4-9H,3H2,1-2H3/p-1/t4-,5?,7?,8?,9+;5?,6-,8-,9?;3-,4?,6?,7+,8+;4-,5?,6?,7+,8+;2*3-,4?,5?,6+,7+;3-,4?,5?,6-,7+;3-,4?,5?,6+,7?;4?,5-,6-,7?/m000000010/s1. The van der Waals surface area contributed by atoms with Crippen LogP contribution in [-0.4, -0.2) is 446 Å². The number of carbonyl (C=O) groups is 3. The number of aliphatic hydroxyl groups excluding tert-OH is 26. The molecule has 111 heavy (non-hydrogen) atoms. The summed E-state index contributed by atoms with van der Waals surface area (Å²) in [5, 5.41) is 255. The molecule has 0 aromatic carbocycles. The van der Waals surface area contributed by atoms with E-state index in [1.807, 2.05) is 20.8 Å². The van der Waals surface area contributed by atoms with E-state index in [9.17, 15) is 132 Å². The summed E-state index contributed by atoms with van der Waals surface area (Å²) >= 11 is 0. The predicted molar refractivity (Wildman–Crippen MR) is 377 cm³/mol. The number of carboxylic acids is 1. The SMILES string of the molecule is CC(=O)NC1C(O)[C@H](C)OC(C)[C@H]1O.CC(=O)N[C@H]1CC(C)O[C@@H](C)C1O.CC1C[C@H](O)C(O)[C@H](C)O1.CC1O[C@H](C)C(O)C(O)[C@H]1O.CO[C@@H]1C(O)[C@H](C)OC(CO)[C@H]1O.C[C@@H]1OC(CC(=O)[O-])[C@@H](O)[C@H](O)C1O.C[C@@H]1OC(CO)[C@@H](O)[C@H](O)C1O.C[C@@H]1OC(CO)[C@@H](O)[C@H](O)C1O.C[C@@H]1OC(CO)[C@H](O)[C@H](O)C1O. The Labute approximate surface area is 645 Å². The molecule has 660 valence electrons. The van der Waals surface area contributed by atoms with Gasteiger partial charge in [-0.15, -0.1) is 0 Å². The zero-order chi connectivity index (χ0) is 86.0. The molecule has 20 unspecified atom stereocenters. The third-order valence-corrected chi connectivity index (χ3v) is 19.9. The third kappa shape index (κ3) is 32.3. The van der Waals surface area contributed by atoms with Crippen molar-refractivity contribution >= 4 is 17.8 Å². The number of methoxy groups -OCH3 is 1. The van der Waals surface area contributed by atoms with Gasteiger partial charge in [-0.25, -0.2) is 0 Å². The number of amides is 2. The minimum atomic E-state index is -1.40. The highest BCUT2D eigenvalue weighted by molar-refractivity contribution is 5.73. The number of carboxylic acid groups (broad SMARTS) is 1. The van der Waals surface area contributed by atoms with Crippen molar-refractivity contribution in [3.8, 4) is 0 Å². The average Bonchev–Trinajstić information content (AvgIpc) is 0.831. The zero-order valence-corrected chi connectivity index (χ0v) is 65.6. The molecule has 43 atom stereocenters.